The molecule has 1 atom stereocenters. The second-order valence-corrected chi connectivity index (χ2v) is 5.93. The highest BCUT2D eigenvalue weighted by molar-refractivity contribution is 7.98. The van der Waals surface area contributed by atoms with Gasteiger partial charge in [-0.3, -0.25) is 4.79 Å². The maximum Gasteiger partial charge on any atom is 0.312 e. The van der Waals surface area contributed by atoms with E-state index in [1.54, 1.807) is 23.5 Å². The minimum atomic E-state index is -0.691. The smallest absolute Gasteiger partial charge is 0.312 e. The molecule has 110 valence electrons. The van der Waals surface area contributed by atoms with Crippen LogP contribution in [0.3, 0.4) is 0 Å². The first-order chi connectivity index (χ1) is 9.56. The average molecular weight is 313 g/mol. The fraction of sp³-hybridized carbons (Fsp3) is 0.385. The van der Waals surface area contributed by atoms with E-state index in [2.05, 4.69) is 10.6 Å². The Kier molecular flexibility index (Phi) is 7.32. The van der Waals surface area contributed by atoms with Crippen molar-refractivity contribution in [2.75, 3.05) is 23.6 Å². The van der Waals surface area contributed by atoms with Gasteiger partial charge in [-0.15, -0.1) is 11.8 Å². The largest absolute Gasteiger partial charge is 0.352 e. The van der Waals surface area contributed by atoms with Crippen molar-refractivity contribution in [2.24, 2.45) is 5.73 Å². The average Bonchev–Trinajstić information content (AvgIpc) is 2.43. The van der Waals surface area contributed by atoms with Gasteiger partial charge in [0.25, 0.3) is 0 Å². The number of anilines is 1. The zero-order valence-electron chi connectivity index (χ0n) is 11.5. The van der Waals surface area contributed by atoms with Crippen LogP contribution in [-0.2, 0) is 4.79 Å². The molecule has 0 radical (unpaired) electrons. The maximum absolute atomic E-state index is 12.2. The van der Waals surface area contributed by atoms with E-state index in [1.165, 1.54) is 0 Å². The topological polar surface area (TPSA) is 84.2 Å². The van der Waals surface area contributed by atoms with Gasteiger partial charge in [-0.2, -0.15) is 11.8 Å². The highest BCUT2D eigenvalue weighted by Gasteiger charge is 2.19. The molecule has 3 amide bonds. The zero-order chi connectivity index (χ0) is 15.0. The van der Waals surface area contributed by atoms with Gasteiger partial charge in [-0.25, -0.2) is 4.79 Å². The Labute approximate surface area is 127 Å². The molecule has 1 rings (SSSR count). The fourth-order valence-electron chi connectivity index (χ4n) is 1.61. The standard InChI is InChI=1S/C13H19N3O2S2/c1-19-7-6-11(16-13(14)18)12(17)15-9-4-3-5-10(8-9)20-2/h3-5,8,11H,6-7H2,1-2H3,(H,15,17)(H3,14,16,18). The van der Waals surface area contributed by atoms with Crippen molar-refractivity contribution in [1.82, 2.24) is 5.32 Å². The second kappa shape index (κ2) is 8.76. The summed E-state index contributed by atoms with van der Waals surface area (Å²) in [7, 11) is 0. The highest BCUT2D eigenvalue weighted by atomic mass is 32.2. The van der Waals surface area contributed by atoms with Crippen molar-refractivity contribution in [3.05, 3.63) is 24.3 Å². The predicted octanol–water partition coefficient (Wildman–Crippen LogP) is 2.14. The summed E-state index contributed by atoms with van der Waals surface area (Å²) in [6, 6.07) is 6.24. The zero-order valence-corrected chi connectivity index (χ0v) is 13.1. The van der Waals surface area contributed by atoms with Gasteiger partial charge in [-0.1, -0.05) is 6.07 Å². The van der Waals surface area contributed by atoms with E-state index in [4.69, 9.17) is 5.73 Å². The lowest BCUT2D eigenvalue weighted by atomic mass is 10.2. The van der Waals surface area contributed by atoms with Crippen LogP contribution in [0.2, 0.25) is 0 Å². The van der Waals surface area contributed by atoms with Crippen LogP contribution in [0.15, 0.2) is 29.2 Å². The van der Waals surface area contributed by atoms with Gasteiger partial charge in [0.05, 0.1) is 0 Å². The number of carbonyl (C=O) groups is 2. The van der Waals surface area contributed by atoms with Crippen molar-refractivity contribution in [3.8, 4) is 0 Å². The Morgan fingerprint density at radius 1 is 1.35 bits per heavy atom. The van der Waals surface area contributed by atoms with E-state index in [-0.39, 0.29) is 5.91 Å². The minimum Gasteiger partial charge on any atom is -0.352 e. The van der Waals surface area contributed by atoms with E-state index in [9.17, 15) is 9.59 Å². The second-order valence-electron chi connectivity index (χ2n) is 4.06. The van der Waals surface area contributed by atoms with Crippen LogP contribution < -0.4 is 16.4 Å². The molecule has 7 heteroatoms. The molecule has 0 bridgehead atoms. The van der Waals surface area contributed by atoms with Gasteiger partial charge < -0.3 is 16.4 Å². The lowest BCUT2D eigenvalue weighted by Crippen LogP contribution is -2.46. The molecule has 0 saturated carbocycles. The van der Waals surface area contributed by atoms with Gasteiger partial charge >= 0.3 is 6.03 Å². The SMILES string of the molecule is CSCCC(NC(N)=O)C(=O)Nc1cccc(SC)c1. The molecule has 0 aliphatic carbocycles. The van der Waals surface area contributed by atoms with E-state index in [1.807, 2.05) is 36.8 Å². The molecule has 0 saturated heterocycles. The third-order valence-electron chi connectivity index (χ3n) is 2.58. The maximum atomic E-state index is 12.2. The van der Waals surface area contributed by atoms with Gasteiger partial charge in [0.1, 0.15) is 6.04 Å². The number of thioether (sulfide) groups is 2. The monoisotopic (exact) mass is 313 g/mol. The van der Waals surface area contributed by atoms with Crippen LogP contribution in [0, 0.1) is 0 Å². The number of nitrogens with one attached hydrogen (secondary N) is 2. The number of rotatable bonds is 7. The molecule has 0 spiro atoms. The highest BCUT2D eigenvalue weighted by Crippen LogP contribution is 2.19. The molecule has 1 unspecified atom stereocenters. The summed E-state index contributed by atoms with van der Waals surface area (Å²) in [5.74, 6) is 0.513. The first-order valence-corrected chi connectivity index (χ1v) is 8.68. The van der Waals surface area contributed by atoms with Gasteiger partial charge in [0, 0.05) is 10.6 Å². The number of primary amides is 1. The first kappa shape index (κ1) is 16.7. The van der Waals surface area contributed by atoms with Gasteiger partial charge in [0.15, 0.2) is 0 Å². The van der Waals surface area contributed by atoms with Crippen LogP contribution in [0.25, 0.3) is 0 Å². The van der Waals surface area contributed by atoms with Crippen LogP contribution in [0.5, 0.6) is 0 Å². The van der Waals surface area contributed by atoms with Crippen molar-refractivity contribution in [1.29, 1.82) is 0 Å². The Hall–Kier alpha value is -1.34. The molecule has 5 nitrogen and oxygen atoms in total. The Morgan fingerprint density at radius 2 is 2.10 bits per heavy atom. The summed E-state index contributed by atoms with van der Waals surface area (Å²) in [5, 5.41) is 5.27. The molecule has 0 fully saturated rings. The normalized spacial score (nSPS) is 11.7. The van der Waals surface area contributed by atoms with Crippen molar-refractivity contribution in [2.45, 2.75) is 17.4 Å². The van der Waals surface area contributed by atoms with Crippen molar-refractivity contribution < 1.29 is 9.59 Å². The third-order valence-corrected chi connectivity index (χ3v) is 3.95. The number of nitrogens with two attached hydrogens (primary N) is 1. The Morgan fingerprint density at radius 3 is 2.70 bits per heavy atom. The van der Waals surface area contributed by atoms with Gasteiger partial charge in [0.2, 0.25) is 5.91 Å². The molecule has 0 heterocycles. The number of carbonyl (C=O) groups excluding carboxylic acids is 2. The first-order valence-electron chi connectivity index (χ1n) is 6.06. The summed E-state index contributed by atoms with van der Waals surface area (Å²) in [4.78, 5) is 24.2. The fourth-order valence-corrected chi connectivity index (χ4v) is 2.54. The molecule has 1 aromatic rings. The molecule has 0 aliphatic rings. The molecular weight excluding hydrogens is 294 g/mol. The summed E-state index contributed by atoms with van der Waals surface area (Å²) < 4.78 is 0. The number of amides is 3. The van der Waals surface area contributed by atoms with Crippen LogP contribution >= 0.6 is 23.5 Å². The van der Waals surface area contributed by atoms with E-state index in [0.29, 0.717) is 12.1 Å². The number of benzene rings is 1. The molecule has 1 aromatic carbocycles. The predicted molar refractivity (Wildman–Crippen MR) is 86.4 cm³/mol. The Balaban J connectivity index is 2.70. The summed E-state index contributed by atoms with van der Waals surface area (Å²) in [6.07, 6.45) is 4.45. The molecule has 0 aromatic heterocycles. The molecule has 20 heavy (non-hydrogen) atoms. The van der Waals surface area contributed by atoms with Crippen LogP contribution in [0.4, 0.5) is 10.5 Å². The van der Waals surface area contributed by atoms with E-state index >= 15 is 0 Å². The lowest BCUT2D eigenvalue weighted by Gasteiger charge is -2.17. The summed E-state index contributed by atoms with van der Waals surface area (Å²) in [6.45, 7) is 0. The number of hydrogen-bond acceptors (Lipinski definition) is 4. The quantitative estimate of drug-likeness (QED) is 0.673. The van der Waals surface area contributed by atoms with Gasteiger partial charge in [-0.05, 0) is 42.9 Å². The van der Waals surface area contributed by atoms with Crippen LogP contribution in [0.1, 0.15) is 6.42 Å². The molecule has 0 aliphatic heterocycles. The molecular formula is C13H19N3O2S2. The van der Waals surface area contributed by atoms with Crippen molar-refractivity contribution >= 4 is 41.1 Å². The number of hydrogen-bond donors (Lipinski definition) is 3. The number of urea groups is 1. The van der Waals surface area contributed by atoms with E-state index < -0.39 is 12.1 Å². The third kappa shape index (κ3) is 5.75. The summed E-state index contributed by atoms with van der Waals surface area (Å²) >= 11 is 3.21. The Bertz CT molecular complexity index is 469. The van der Waals surface area contributed by atoms with Crippen LogP contribution in [-0.4, -0.2) is 36.2 Å². The van der Waals surface area contributed by atoms with Crippen molar-refractivity contribution in [3.63, 3.8) is 0 Å². The van der Waals surface area contributed by atoms with E-state index in [0.717, 1.165) is 10.6 Å². The lowest BCUT2D eigenvalue weighted by molar-refractivity contribution is -0.117. The minimum absolute atomic E-state index is 0.254. The molecule has 4 N–H and O–H groups in total. The summed E-state index contributed by atoms with van der Waals surface area (Å²) in [5.41, 5.74) is 5.81.